The maximum absolute atomic E-state index is 11.8. The number of aromatic carboxylic acids is 1. The minimum absolute atomic E-state index is 0.0199. The molecule has 0 fully saturated rings. The predicted molar refractivity (Wildman–Crippen MR) is 68.8 cm³/mol. The van der Waals surface area contributed by atoms with E-state index in [0.29, 0.717) is 5.56 Å². The van der Waals surface area contributed by atoms with Crippen molar-refractivity contribution < 1.29 is 19.5 Å². The number of carboxylic acids is 1. The van der Waals surface area contributed by atoms with E-state index in [2.05, 4.69) is 5.32 Å². The number of nitrogens with zero attached hydrogens (tertiary/aromatic N) is 1. The largest absolute Gasteiger partial charge is 0.478 e. The van der Waals surface area contributed by atoms with Gasteiger partial charge in [0.2, 0.25) is 11.8 Å². The lowest BCUT2D eigenvalue weighted by molar-refractivity contribution is -0.134. The van der Waals surface area contributed by atoms with E-state index in [0.717, 1.165) is 0 Å². The van der Waals surface area contributed by atoms with Gasteiger partial charge in [-0.1, -0.05) is 12.1 Å². The van der Waals surface area contributed by atoms with Gasteiger partial charge >= 0.3 is 5.97 Å². The van der Waals surface area contributed by atoms with Crippen molar-refractivity contribution in [1.29, 1.82) is 0 Å². The van der Waals surface area contributed by atoms with Crippen LogP contribution >= 0.6 is 0 Å². The highest BCUT2D eigenvalue weighted by Gasteiger charge is 2.13. The Morgan fingerprint density at radius 1 is 1.32 bits per heavy atom. The molecule has 0 radical (unpaired) electrons. The van der Waals surface area contributed by atoms with Crippen LogP contribution in [0.15, 0.2) is 24.3 Å². The van der Waals surface area contributed by atoms with Crippen LogP contribution in [0, 0.1) is 0 Å². The fourth-order valence-electron chi connectivity index (χ4n) is 1.51. The van der Waals surface area contributed by atoms with Crippen LogP contribution in [0.3, 0.4) is 0 Å². The summed E-state index contributed by atoms with van der Waals surface area (Å²) in [5, 5.41) is 11.3. The smallest absolute Gasteiger partial charge is 0.335 e. The van der Waals surface area contributed by atoms with Crippen molar-refractivity contribution in [3.05, 3.63) is 35.4 Å². The molecular formula is C13H16N2O4. The zero-order valence-corrected chi connectivity index (χ0v) is 10.8. The van der Waals surface area contributed by atoms with Gasteiger partial charge in [-0.2, -0.15) is 0 Å². The van der Waals surface area contributed by atoms with Crippen LogP contribution in [-0.2, 0) is 16.0 Å². The molecule has 1 aromatic carbocycles. The molecular weight excluding hydrogens is 248 g/mol. The van der Waals surface area contributed by atoms with Gasteiger partial charge in [-0.05, 0) is 17.7 Å². The minimum atomic E-state index is -1.03. The van der Waals surface area contributed by atoms with Crippen LogP contribution in [0.1, 0.15) is 15.9 Å². The number of carbonyl (C=O) groups excluding carboxylic acids is 2. The first-order chi connectivity index (χ1) is 8.93. The molecule has 0 atom stereocenters. The summed E-state index contributed by atoms with van der Waals surface area (Å²) in [6, 6.07) is 6.18. The van der Waals surface area contributed by atoms with Gasteiger partial charge in [0.25, 0.3) is 0 Å². The second-order valence-corrected chi connectivity index (χ2v) is 4.11. The summed E-state index contributed by atoms with van der Waals surface area (Å²) in [4.78, 5) is 35.1. The molecule has 0 spiro atoms. The van der Waals surface area contributed by atoms with Gasteiger partial charge in [0.1, 0.15) is 0 Å². The molecule has 0 aromatic heterocycles. The zero-order chi connectivity index (χ0) is 14.4. The minimum Gasteiger partial charge on any atom is -0.478 e. The third-order valence-corrected chi connectivity index (χ3v) is 2.61. The first-order valence-corrected chi connectivity index (χ1v) is 5.71. The molecule has 0 aliphatic rings. The molecule has 1 rings (SSSR count). The van der Waals surface area contributed by atoms with Gasteiger partial charge in [-0.15, -0.1) is 0 Å². The van der Waals surface area contributed by atoms with Gasteiger partial charge in [0.15, 0.2) is 0 Å². The summed E-state index contributed by atoms with van der Waals surface area (Å²) in [5.41, 5.74) is 0.743. The Kier molecular flexibility index (Phi) is 5.05. The van der Waals surface area contributed by atoms with Crippen molar-refractivity contribution in [2.24, 2.45) is 0 Å². The van der Waals surface area contributed by atoms with Crippen LogP contribution in [0.5, 0.6) is 0 Å². The van der Waals surface area contributed by atoms with Crippen molar-refractivity contribution in [1.82, 2.24) is 10.2 Å². The highest BCUT2D eigenvalue weighted by atomic mass is 16.4. The van der Waals surface area contributed by atoms with Gasteiger partial charge < -0.3 is 15.3 Å². The highest BCUT2D eigenvalue weighted by Crippen LogP contribution is 2.07. The Morgan fingerprint density at radius 3 is 2.58 bits per heavy atom. The van der Waals surface area contributed by atoms with E-state index in [9.17, 15) is 14.4 Å². The number of carbonyl (C=O) groups is 3. The summed E-state index contributed by atoms with van der Waals surface area (Å²) >= 11 is 0. The van der Waals surface area contributed by atoms with Crippen molar-refractivity contribution in [2.45, 2.75) is 6.42 Å². The molecule has 1 aromatic rings. The van der Waals surface area contributed by atoms with Crippen molar-refractivity contribution in [3.8, 4) is 0 Å². The van der Waals surface area contributed by atoms with Crippen LogP contribution < -0.4 is 5.32 Å². The van der Waals surface area contributed by atoms with E-state index in [1.165, 1.54) is 31.1 Å². The van der Waals surface area contributed by atoms with Crippen LogP contribution in [-0.4, -0.2) is 48.4 Å². The molecule has 0 bridgehead atoms. The van der Waals surface area contributed by atoms with E-state index >= 15 is 0 Å². The fraction of sp³-hybridized carbons (Fsp3) is 0.308. The average Bonchev–Trinajstić information content (AvgIpc) is 2.38. The third kappa shape index (κ3) is 4.42. The number of amides is 2. The number of rotatable bonds is 5. The third-order valence-electron chi connectivity index (χ3n) is 2.61. The summed E-state index contributed by atoms with van der Waals surface area (Å²) in [5.74, 6) is -1.53. The van der Waals surface area contributed by atoms with E-state index < -0.39 is 5.97 Å². The summed E-state index contributed by atoms with van der Waals surface area (Å²) < 4.78 is 0. The molecule has 2 amide bonds. The zero-order valence-electron chi connectivity index (χ0n) is 10.8. The normalized spacial score (nSPS) is 9.79. The van der Waals surface area contributed by atoms with Gasteiger partial charge in [-0.3, -0.25) is 9.59 Å². The molecule has 6 nitrogen and oxygen atoms in total. The molecule has 0 aliphatic heterocycles. The van der Waals surface area contributed by atoms with Crippen molar-refractivity contribution >= 4 is 17.8 Å². The van der Waals surface area contributed by atoms with Crippen LogP contribution in [0.4, 0.5) is 0 Å². The number of benzene rings is 1. The van der Waals surface area contributed by atoms with Gasteiger partial charge in [0.05, 0.1) is 18.5 Å². The maximum atomic E-state index is 11.8. The highest BCUT2D eigenvalue weighted by molar-refractivity contribution is 5.89. The monoisotopic (exact) mass is 264 g/mol. The Balaban J connectivity index is 2.68. The van der Waals surface area contributed by atoms with E-state index in [4.69, 9.17) is 5.11 Å². The molecule has 19 heavy (non-hydrogen) atoms. The second-order valence-electron chi connectivity index (χ2n) is 4.11. The lowest BCUT2D eigenvalue weighted by atomic mass is 10.1. The Morgan fingerprint density at radius 2 is 2.00 bits per heavy atom. The average molecular weight is 264 g/mol. The summed E-state index contributed by atoms with van der Waals surface area (Å²) in [7, 11) is 3.02. The molecule has 0 aliphatic carbocycles. The first kappa shape index (κ1) is 14.7. The predicted octanol–water partition coefficient (Wildman–Crippen LogP) is 0.132. The Labute approximate surface area is 111 Å². The van der Waals surface area contributed by atoms with Crippen molar-refractivity contribution in [3.63, 3.8) is 0 Å². The SMILES string of the molecule is CNC(=O)CN(C)C(=O)Cc1cccc(C(=O)O)c1. The lowest BCUT2D eigenvalue weighted by Gasteiger charge is -2.16. The molecule has 102 valence electrons. The Hall–Kier alpha value is -2.37. The molecule has 6 heteroatoms. The molecule has 0 heterocycles. The van der Waals surface area contributed by atoms with Crippen molar-refractivity contribution in [2.75, 3.05) is 20.6 Å². The van der Waals surface area contributed by atoms with Gasteiger partial charge in [0, 0.05) is 14.1 Å². The summed E-state index contributed by atoms with van der Waals surface area (Å²) in [6.07, 6.45) is 0.0641. The lowest BCUT2D eigenvalue weighted by Crippen LogP contribution is -2.37. The topological polar surface area (TPSA) is 86.7 Å². The number of likely N-dealkylation sites (N-methyl/N-ethyl adjacent to an activating group) is 2. The molecule has 2 N–H and O–H groups in total. The Bertz CT molecular complexity index is 499. The quantitative estimate of drug-likeness (QED) is 0.791. The fourth-order valence-corrected chi connectivity index (χ4v) is 1.51. The van der Waals surface area contributed by atoms with Crippen LogP contribution in [0.2, 0.25) is 0 Å². The molecule has 0 saturated carbocycles. The van der Waals surface area contributed by atoms with E-state index in [1.54, 1.807) is 12.1 Å². The number of carboxylic acid groups (broad SMARTS) is 1. The maximum Gasteiger partial charge on any atom is 0.335 e. The van der Waals surface area contributed by atoms with E-state index in [-0.39, 0.29) is 30.3 Å². The first-order valence-electron chi connectivity index (χ1n) is 5.71. The summed E-state index contributed by atoms with van der Waals surface area (Å²) in [6.45, 7) is -0.0199. The molecule has 0 saturated heterocycles. The number of nitrogens with one attached hydrogen (secondary N) is 1. The number of hydrogen-bond acceptors (Lipinski definition) is 3. The van der Waals surface area contributed by atoms with Gasteiger partial charge in [-0.25, -0.2) is 4.79 Å². The standard InChI is InChI=1S/C13H16N2O4/c1-14-11(16)8-15(2)12(17)7-9-4-3-5-10(6-9)13(18)19/h3-6H,7-8H2,1-2H3,(H,14,16)(H,18,19). The number of hydrogen-bond donors (Lipinski definition) is 2. The molecule has 0 unspecified atom stereocenters. The van der Waals surface area contributed by atoms with E-state index in [1.807, 2.05) is 0 Å². The van der Waals surface area contributed by atoms with Crippen LogP contribution in [0.25, 0.3) is 0 Å². The second kappa shape index (κ2) is 6.53.